The number of benzene rings is 1. The van der Waals surface area contributed by atoms with Gasteiger partial charge < -0.3 is 0 Å². The number of aryl methyl sites for hydroxylation is 3. The zero-order chi connectivity index (χ0) is 17.3. The van der Waals surface area contributed by atoms with Crippen LogP contribution in [-0.4, -0.2) is 15.9 Å². The monoisotopic (exact) mass is 357 g/mol. The molecule has 1 aromatic carbocycles. The highest BCUT2D eigenvalue weighted by molar-refractivity contribution is 7.14. The molecular weight excluding hydrogens is 342 g/mol. The van der Waals surface area contributed by atoms with Crippen molar-refractivity contribution in [1.29, 1.82) is 0 Å². The van der Waals surface area contributed by atoms with E-state index in [0.29, 0.717) is 10.7 Å². The third-order valence-corrected chi connectivity index (χ3v) is 4.72. The maximum absolute atomic E-state index is 12.3. The van der Waals surface area contributed by atoms with Crippen molar-refractivity contribution in [1.82, 2.24) is 9.97 Å². The van der Waals surface area contributed by atoms with Gasteiger partial charge in [0.25, 0.3) is 5.91 Å². The van der Waals surface area contributed by atoms with Gasteiger partial charge in [-0.2, -0.15) is 0 Å². The molecule has 0 saturated carbocycles. The van der Waals surface area contributed by atoms with E-state index in [1.54, 1.807) is 18.3 Å². The summed E-state index contributed by atoms with van der Waals surface area (Å²) < 4.78 is 0. The Morgan fingerprint density at radius 2 is 1.92 bits per heavy atom. The number of halogens is 1. The van der Waals surface area contributed by atoms with Gasteiger partial charge in [0, 0.05) is 17.1 Å². The molecule has 3 aromatic rings. The summed E-state index contributed by atoms with van der Waals surface area (Å²) in [7, 11) is 0. The third-order valence-electron chi connectivity index (χ3n) is 3.66. The molecule has 1 N–H and O–H groups in total. The number of carbonyl (C=O) groups is 1. The number of carbonyl (C=O) groups excluding carboxylic acids is 1. The van der Waals surface area contributed by atoms with E-state index in [0.717, 1.165) is 11.3 Å². The van der Waals surface area contributed by atoms with Crippen LogP contribution in [0.2, 0.25) is 5.15 Å². The Morgan fingerprint density at radius 1 is 1.21 bits per heavy atom. The number of nitrogens with zero attached hydrogens (tertiary/aromatic N) is 2. The third kappa shape index (κ3) is 3.32. The first-order chi connectivity index (χ1) is 11.5. The second-order valence-electron chi connectivity index (χ2n) is 5.61. The Hall–Kier alpha value is -2.24. The van der Waals surface area contributed by atoms with Crippen molar-refractivity contribution < 1.29 is 4.79 Å². The van der Waals surface area contributed by atoms with Gasteiger partial charge in [-0.3, -0.25) is 10.1 Å². The Labute approximate surface area is 149 Å². The summed E-state index contributed by atoms with van der Waals surface area (Å²) in [4.78, 5) is 20.8. The average Bonchev–Trinajstić information content (AvgIpc) is 2.94. The van der Waals surface area contributed by atoms with E-state index in [9.17, 15) is 4.79 Å². The standard InChI is InChI=1S/C18H16ClN3OS/c1-10-7-11(2)15(12(3)8-10)14-9-24-18(21-14)22-17(23)13-5-4-6-20-16(13)19/h4-9H,1-3H3,(H,21,22,23). The number of anilines is 1. The van der Waals surface area contributed by atoms with E-state index in [2.05, 4.69) is 48.2 Å². The highest BCUT2D eigenvalue weighted by atomic mass is 35.5. The van der Waals surface area contributed by atoms with E-state index in [-0.39, 0.29) is 11.1 Å². The quantitative estimate of drug-likeness (QED) is 0.668. The predicted octanol–water partition coefficient (Wildman–Crippen LogP) is 5.04. The van der Waals surface area contributed by atoms with Crippen LogP contribution >= 0.6 is 22.9 Å². The minimum absolute atomic E-state index is 0.178. The number of nitrogens with one attached hydrogen (secondary N) is 1. The van der Waals surface area contributed by atoms with Crippen LogP contribution in [0.5, 0.6) is 0 Å². The highest BCUT2D eigenvalue weighted by Crippen LogP contribution is 2.31. The topological polar surface area (TPSA) is 54.9 Å². The Kier molecular flexibility index (Phi) is 4.64. The summed E-state index contributed by atoms with van der Waals surface area (Å²) in [6.07, 6.45) is 1.55. The molecule has 0 bridgehead atoms. The number of pyridine rings is 1. The normalized spacial score (nSPS) is 10.7. The molecule has 24 heavy (non-hydrogen) atoms. The first-order valence-corrected chi connectivity index (χ1v) is 8.67. The van der Waals surface area contributed by atoms with Crippen LogP contribution in [-0.2, 0) is 0 Å². The first-order valence-electron chi connectivity index (χ1n) is 7.41. The molecule has 0 atom stereocenters. The zero-order valence-electron chi connectivity index (χ0n) is 13.6. The van der Waals surface area contributed by atoms with Gasteiger partial charge in [-0.05, 0) is 44.0 Å². The summed E-state index contributed by atoms with van der Waals surface area (Å²) in [6.45, 7) is 6.22. The lowest BCUT2D eigenvalue weighted by atomic mass is 9.98. The van der Waals surface area contributed by atoms with Gasteiger partial charge in [0.2, 0.25) is 0 Å². The summed E-state index contributed by atoms with van der Waals surface area (Å²) in [6, 6.07) is 7.57. The minimum atomic E-state index is -0.314. The van der Waals surface area contributed by atoms with Crippen molar-refractivity contribution >= 4 is 34.0 Å². The fraction of sp³-hybridized carbons (Fsp3) is 0.167. The van der Waals surface area contributed by atoms with Crippen LogP contribution in [0, 0.1) is 20.8 Å². The molecule has 6 heteroatoms. The molecule has 0 aliphatic carbocycles. The molecule has 3 rings (SSSR count). The van der Waals surface area contributed by atoms with Gasteiger partial charge >= 0.3 is 0 Å². The Morgan fingerprint density at radius 3 is 2.58 bits per heavy atom. The number of thiazole rings is 1. The summed E-state index contributed by atoms with van der Waals surface area (Å²) >= 11 is 7.34. The molecule has 1 amide bonds. The van der Waals surface area contributed by atoms with Crippen LogP contribution in [0.1, 0.15) is 27.0 Å². The molecule has 0 unspecified atom stereocenters. The lowest BCUT2D eigenvalue weighted by molar-refractivity contribution is 0.102. The molecule has 0 aliphatic heterocycles. The van der Waals surface area contributed by atoms with E-state index >= 15 is 0 Å². The van der Waals surface area contributed by atoms with E-state index in [1.807, 2.05) is 5.38 Å². The molecule has 2 heterocycles. The van der Waals surface area contributed by atoms with Crippen LogP contribution in [0.25, 0.3) is 11.3 Å². The molecule has 0 fully saturated rings. The van der Waals surface area contributed by atoms with Crippen LogP contribution in [0.4, 0.5) is 5.13 Å². The number of amides is 1. The minimum Gasteiger partial charge on any atom is -0.298 e. The van der Waals surface area contributed by atoms with Crippen LogP contribution < -0.4 is 5.32 Å². The molecule has 0 saturated heterocycles. The number of hydrogen-bond donors (Lipinski definition) is 1. The van der Waals surface area contributed by atoms with Gasteiger partial charge in [-0.25, -0.2) is 9.97 Å². The second-order valence-corrected chi connectivity index (χ2v) is 6.82. The van der Waals surface area contributed by atoms with Gasteiger partial charge in [-0.15, -0.1) is 11.3 Å². The van der Waals surface area contributed by atoms with Crippen molar-refractivity contribution in [3.8, 4) is 11.3 Å². The molecular formula is C18H16ClN3OS. The van der Waals surface area contributed by atoms with Gasteiger partial charge in [0.15, 0.2) is 5.13 Å². The van der Waals surface area contributed by atoms with Crippen LogP contribution in [0.15, 0.2) is 35.8 Å². The molecule has 122 valence electrons. The number of hydrogen-bond acceptors (Lipinski definition) is 4. The Bertz CT molecular complexity index is 897. The fourth-order valence-electron chi connectivity index (χ4n) is 2.75. The van der Waals surface area contributed by atoms with Crippen molar-refractivity contribution in [3.05, 3.63) is 63.2 Å². The van der Waals surface area contributed by atoms with Gasteiger partial charge in [-0.1, -0.05) is 29.3 Å². The van der Waals surface area contributed by atoms with E-state index < -0.39 is 0 Å². The molecule has 0 aliphatic rings. The number of aromatic nitrogens is 2. The lowest BCUT2D eigenvalue weighted by Crippen LogP contribution is -2.12. The summed E-state index contributed by atoms with van der Waals surface area (Å²) in [5.41, 5.74) is 5.87. The van der Waals surface area contributed by atoms with Crippen LogP contribution in [0.3, 0.4) is 0 Å². The average molecular weight is 358 g/mol. The highest BCUT2D eigenvalue weighted by Gasteiger charge is 2.15. The van der Waals surface area contributed by atoms with Crippen molar-refractivity contribution in [2.45, 2.75) is 20.8 Å². The zero-order valence-corrected chi connectivity index (χ0v) is 15.1. The molecule has 4 nitrogen and oxygen atoms in total. The Balaban J connectivity index is 1.87. The van der Waals surface area contributed by atoms with E-state index in [1.165, 1.54) is 28.0 Å². The molecule has 0 radical (unpaired) electrons. The maximum Gasteiger partial charge on any atom is 0.260 e. The van der Waals surface area contributed by atoms with Crippen molar-refractivity contribution in [3.63, 3.8) is 0 Å². The SMILES string of the molecule is Cc1cc(C)c(-c2csc(NC(=O)c3cccnc3Cl)n2)c(C)c1. The fourth-order valence-corrected chi connectivity index (χ4v) is 3.65. The number of rotatable bonds is 3. The van der Waals surface area contributed by atoms with Crippen molar-refractivity contribution in [2.75, 3.05) is 5.32 Å². The predicted molar refractivity (Wildman–Crippen MR) is 99.0 cm³/mol. The molecule has 2 aromatic heterocycles. The second kappa shape index (κ2) is 6.71. The lowest BCUT2D eigenvalue weighted by Gasteiger charge is -2.08. The molecule has 0 spiro atoms. The van der Waals surface area contributed by atoms with Crippen molar-refractivity contribution in [2.24, 2.45) is 0 Å². The maximum atomic E-state index is 12.3. The summed E-state index contributed by atoms with van der Waals surface area (Å²) in [5, 5.41) is 5.45. The van der Waals surface area contributed by atoms with Gasteiger partial charge in [0.05, 0.1) is 11.3 Å². The smallest absolute Gasteiger partial charge is 0.260 e. The van der Waals surface area contributed by atoms with E-state index in [4.69, 9.17) is 11.6 Å². The van der Waals surface area contributed by atoms with Gasteiger partial charge in [0.1, 0.15) is 5.15 Å². The first kappa shape index (κ1) is 16.6. The summed E-state index contributed by atoms with van der Waals surface area (Å²) in [5.74, 6) is -0.314. The largest absolute Gasteiger partial charge is 0.298 e.